The highest BCUT2D eigenvalue weighted by Gasteiger charge is 2.15. The molecule has 0 saturated heterocycles. The van der Waals surface area contributed by atoms with Crippen LogP contribution in [-0.2, 0) is 19.4 Å². The molecule has 4 nitrogen and oxygen atoms in total. The summed E-state index contributed by atoms with van der Waals surface area (Å²) >= 11 is 0. The highest BCUT2D eigenvalue weighted by atomic mass is 15.3. The lowest BCUT2D eigenvalue weighted by Crippen LogP contribution is -2.22. The molecule has 1 aromatic carbocycles. The van der Waals surface area contributed by atoms with E-state index in [0.29, 0.717) is 18.4 Å². The molecule has 2 aromatic rings. The van der Waals surface area contributed by atoms with Gasteiger partial charge in [-0.25, -0.2) is 9.67 Å². The van der Waals surface area contributed by atoms with Crippen LogP contribution in [0.25, 0.3) is 0 Å². The third-order valence-corrected chi connectivity index (χ3v) is 3.81. The third-order valence-electron chi connectivity index (χ3n) is 3.81. The summed E-state index contributed by atoms with van der Waals surface area (Å²) in [6.45, 7) is 8.13. The Morgan fingerprint density at radius 1 is 1.19 bits per heavy atom. The predicted molar refractivity (Wildman–Crippen MR) is 86.0 cm³/mol. The largest absolute Gasteiger partial charge is 0.330 e. The standard InChI is InChI=1S/C17H26N4/c1-13(2)11-21-17(19-12-20-21)9-15(10-18)8-16-7-5-4-6-14(16)3/h4-7,12-13,15H,8-11,18H2,1-3H3. The van der Waals surface area contributed by atoms with Crippen molar-refractivity contribution in [3.05, 3.63) is 47.5 Å². The summed E-state index contributed by atoms with van der Waals surface area (Å²) in [7, 11) is 0. The molecule has 2 rings (SSSR count). The molecule has 0 bridgehead atoms. The van der Waals surface area contributed by atoms with Crippen molar-refractivity contribution in [2.75, 3.05) is 6.54 Å². The second kappa shape index (κ2) is 7.36. The van der Waals surface area contributed by atoms with Crippen LogP contribution in [0.5, 0.6) is 0 Å². The Bertz CT molecular complexity index is 559. The number of hydrogen-bond donors (Lipinski definition) is 1. The molecule has 1 atom stereocenters. The quantitative estimate of drug-likeness (QED) is 0.851. The SMILES string of the molecule is Cc1ccccc1CC(CN)Cc1ncnn1CC(C)C. The van der Waals surface area contributed by atoms with Gasteiger partial charge in [-0.3, -0.25) is 0 Å². The highest BCUT2D eigenvalue weighted by molar-refractivity contribution is 5.26. The van der Waals surface area contributed by atoms with Gasteiger partial charge in [0, 0.05) is 13.0 Å². The first-order chi connectivity index (χ1) is 10.1. The van der Waals surface area contributed by atoms with E-state index in [4.69, 9.17) is 5.73 Å². The maximum Gasteiger partial charge on any atom is 0.138 e. The van der Waals surface area contributed by atoms with E-state index in [-0.39, 0.29) is 0 Å². The van der Waals surface area contributed by atoms with Gasteiger partial charge in [0.15, 0.2) is 0 Å². The number of hydrogen-bond acceptors (Lipinski definition) is 3. The van der Waals surface area contributed by atoms with Crippen LogP contribution < -0.4 is 5.73 Å². The van der Waals surface area contributed by atoms with Crippen LogP contribution in [0.15, 0.2) is 30.6 Å². The van der Waals surface area contributed by atoms with E-state index >= 15 is 0 Å². The zero-order valence-corrected chi connectivity index (χ0v) is 13.3. The topological polar surface area (TPSA) is 56.7 Å². The van der Waals surface area contributed by atoms with Crippen molar-refractivity contribution < 1.29 is 0 Å². The minimum Gasteiger partial charge on any atom is -0.330 e. The summed E-state index contributed by atoms with van der Waals surface area (Å²) in [4.78, 5) is 4.42. The number of nitrogens with two attached hydrogens (primary N) is 1. The fraction of sp³-hybridized carbons (Fsp3) is 0.529. The number of benzene rings is 1. The Morgan fingerprint density at radius 2 is 1.95 bits per heavy atom. The van der Waals surface area contributed by atoms with Gasteiger partial charge in [-0.05, 0) is 42.9 Å². The molecule has 0 amide bonds. The zero-order chi connectivity index (χ0) is 15.2. The fourth-order valence-corrected chi connectivity index (χ4v) is 2.59. The Labute approximate surface area is 127 Å². The fourth-order valence-electron chi connectivity index (χ4n) is 2.59. The molecule has 0 saturated carbocycles. The number of aryl methyl sites for hydroxylation is 1. The van der Waals surface area contributed by atoms with E-state index in [2.05, 4.69) is 55.1 Å². The van der Waals surface area contributed by atoms with Crippen molar-refractivity contribution in [3.8, 4) is 0 Å². The Balaban J connectivity index is 2.06. The van der Waals surface area contributed by atoms with Gasteiger partial charge in [0.25, 0.3) is 0 Å². The number of nitrogens with zero attached hydrogens (tertiary/aromatic N) is 3. The Hall–Kier alpha value is -1.68. The first-order valence-corrected chi connectivity index (χ1v) is 7.71. The molecule has 4 heteroatoms. The third kappa shape index (κ3) is 4.39. The lowest BCUT2D eigenvalue weighted by molar-refractivity contribution is 0.439. The summed E-state index contributed by atoms with van der Waals surface area (Å²) in [5.74, 6) is 2.02. The average molecular weight is 286 g/mol. The second-order valence-electron chi connectivity index (χ2n) is 6.19. The van der Waals surface area contributed by atoms with Gasteiger partial charge < -0.3 is 5.73 Å². The van der Waals surface area contributed by atoms with E-state index in [9.17, 15) is 0 Å². The predicted octanol–water partition coefficient (Wildman–Crippen LogP) is 2.60. The van der Waals surface area contributed by atoms with E-state index in [0.717, 1.165) is 25.2 Å². The first-order valence-electron chi connectivity index (χ1n) is 7.71. The lowest BCUT2D eigenvalue weighted by Gasteiger charge is -2.17. The molecule has 0 aliphatic carbocycles. The zero-order valence-electron chi connectivity index (χ0n) is 13.3. The van der Waals surface area contributed by atoms with Gasteiger partial charge in [-0.15, -0.1) is 0 Å². The van der Waals surface area contributed by atoms with Crippen LogP contribution in [0.2, 0.25) is 0 Å². The molecular weight excluding hydrogens is 260 g/mol. The lowest BCUT2D eigenvalue weighted by atomic mass is 9.93. The van der Waals surface area contributed by atoms with E-state index in [1.54, 1.807) is 6.33 Å². The molecule has 1 unspecified atom stereocenters. The number of rotatable bonds is 7. The van der Waals surface area contributed by atoms with E-state index < -0.39 is 0 Å². The summed E-state index contributed by atoms with van der Waals surface area (Å²) in [5.41, 5.74) is 8.69. The molecule has 0 spiro atoms. The van der Waals surface area contributed by atoms with Crippen molar-refractivity contribution in [3.63, 3.8) is 0 Å². The number of aromatic nitrogens is 3. The van der Waals surface area contributed by atoms with Crippen LogP contribution in [0, 0.1) is 18.8 Å². The molecule has 1 aromatic heterocycles. The van der Waals surface area contributed by atoms with Gasteiger partial charge in [-0.2, -0.15) is 5.10 Å². The Morgan fingerprint density at radius 3 is 2.62 bits per heavy atom. The van der Waals surface area contributed by atoms with Gasteiger partial charge >= 0.3 is 0 Å². The van der Waals surface area contributed by atoms with Crippen molar-refractivity contribution in [2.45, 2.75) is 40.2 Å². The molecule has 2 N–H and O–H groups in total. The van der Waals surface area contributed by atoms with Gasteiger partial charge in [0.1, 0.15) is 12.2 Å². The minimum absolute atomic E-state index is 0.404. The molecule has 0 fully saturated rings. The molecule has 114 valence electrons. The highest BCUT2D eigenvalue weighted by Crippen LogP contribution is 2.16. The van der Waals surface area contributed by atoms with E-state index in [1.165, 1.54) is 11.1 Å². The molecule has 0 radical (unpaired) electrons. The van der Waals surface area contributed by atoms with Gasteiger partial charge in [0.05, 0.1) is 0 Å². The van der Waals surface area contributed by atoms with E-state index in [1.807, 2.05) is 4.68 Å². The summed E-state index contributed by atoms with van der Waals surface area (Å²) < 4.78 is 2.02. The average Bonchev–Trinajstić information content (AvgIpc) is 2.86. The second-order valence-corrected chi connectivity index (χ2v) is 6.19. The summed E-state index contributed by atoms with van der Waals surface area (Å²) in [5, 5.41) is 4.33. The van der Waals surface area contributed by atoms with Crippen molar-refractivity contribution in [1.82, 2.24) is 14.8 Å². The normalized spacial score (nSPS) is 12.8. The molecule has 21 heavy (non-hydrogen) atoms. The van der Waals surface area contributed by atoms with Crippen LogP contribution in [0.3, 0.4) is 0 Å². The molecule has 1 heterocycles. The maximum absolute atomic E-state index is 5.98. The first kappa shape index (κ1) is 15.7. The smallest absolute Gasteiger partial charge is 0.138 e. The monoisotopic (exact) mass is 286 g/mol. The summed E-state index contributed by atoms with van der Waals surface area (Å²) in [6.07, 6.45) is 3.54. The minimum atomic E-state index is 0.404. The molecule has 0 aliphatic heterocycles. The Kier molecular flexibility index (Phi) is 5.51. The van der Waals surface area contributed by atoms with Gasteiger partial charge in [0.2, 0.25) is 0 Å². The van der Waals surface area contributed by atoms with Crippen molar-refractivity contribution in [1.29, 1.82) is 0 Å². The van der Waals surface area contributed by atoms with Crippen LogP contribution >= 0.6 is 0 Å². The molecular formula is C17H26N4. The maximum atomic E-state index is 5.98. The van der Waals surface area contributed by atoms with Crippen LogP contribution in [0.4, 0.5) is 0 Å². The van der Waals surface area contributed by atoms with Gasteiger partial charge in [-0.1, -0.05) is 38.1 Å². The van der Waals surface area contributed by atoms with Crippen LogP contribution in [-0.4, -0.2) is 21.3 Å². The van der Waals surface area contributed by atoms with Crippen molar-refractivity contribution in [2.24, 2.45) is 17.6 Å². The summed E-state index contributed by atoms with van der Waals surface area (Å²) in [6, 6.07) is 8.52. The van der Waals surface area contributed by atoms with Crippen molar-refractivity contribution >= 4 is 0 Å². The molecule has 0 aliphatic rings. The van der Waals surface area contributed by atoms with Crippen LogP contribution in [0.1, 0.15) is 30.8 Å².